The van der Waals surface area contributed by atoms with Crippen LogP contribution in [0.2, 0.25) is 0 Å². The third kappa shape index (κ3) is 2.58. The summed E-state index contributed by atoms with van der Waals surface area (Å²) >= 11 is 0. The van der Waals surface area contributed by atoms with E-state index >= 15 is 0 Å². The zero-order chi connectivity index (χ0) is 13.1. The number of urea groups is 1. The van der Waals surface area contributed by atoms with Gasteiger partial charge in [-0.1, -0.05) is 6.92 Å². The number of carbonyl (C=O) groups excluding carboxylic acids is 1. The standard InChI is InChI=1S/C12H20N2O4/c1-2-9-8-13(6-7-18-9)12(17)14-5-3-4-10(14)11(15)16/h9-10H,2-8H2,1H3,(H,15,16)/t9?,10-/m0/s1. The number of ether oxygens (including phenoxy) is 1. The van der Waals surface area contributed by atoms with Crippen molar-refractivity contribution in [1.82, 2.24) is 9.80 Å². The van der Waals surface area contributed by atoms with Crippen LogP contribution in [0, 0.1) is 0 Å². The van der Waals surface area contributed by atoms with E-state index in [1.165, 1.54) is 4.90 Å². The van der Waals surface area contributed by atoms with Crippen LogP contribution < -0.4 is 0 Å². The van der Waals surface area contributed by atoms with Crippen molar-refractivity contribution in [3.8, 4) is 0 Å². The van der Waals surface area contributed by atoms with Crippen LogP contribution in [0.1, 0.15) is 26.2 Å². The molecule has 0 spiro atoms. The number of amides is 2. The Labute approximate surface area is 106 Å². The van der Waals surface area contributed by atoms with Crippen molar-refractivity contribution in [2.45, 2.75) is 38.3 Å². The van der Waals surface area contributed by atoms with Gasteiger partial charge in [-0.15, -0.1) is 0 Å². The number of carbonyl (C=O) groups is 2. The van der Waals surface area contributed by atoms with Gasteiger partial charge in [-0.2, -0.15) is 0 Å². The molecule has 2 aliphatic rings. The zero-order valence-corrected chi connectivity index (χ0v) is 10.7. The SMILES string of the molecule is CCC1CN(C(=O)N2CCC[C@H]2C(=O)O)CCO1. The minimum Gasteiger partial charge on any atom is -0.480 e. The lowest BCUT2D eigenvalue weighted by Gasteiger charge is -2.36. The molecule has 2 heterocycles. The van der Waals surface area contributed by atoms with Gasteiger partial charge < -0.3 is 19.6 Å². The van der Waals surface area contributed by atoms with Gasteiger partial charge in [0.05, 0.1) is 12.7 Å². The lowest BCUT2D eigenvalue weighted by Crippen LogP contribution is -2.53. The van der Waals surface area contributed by atoms with E-state index in [0.717, 1.165) is 12.8 Å². The molecular formula is C12H20N2O4. The molecule has 2 rings (SSSR count). The Hall–Kier alpha value is -1.30. The summed E-state index contributed by atoms with van der Waals surface area (Å²) in [6, 6.07) is -0.804. The first-order chi connectivity index (χ1) is 8.63. The Morgan fingerprint density at radius 2 is 2.17 bits per heavy atom. The minimum atomic E-state index is -0.902. The molecule has 6 nitrogen and oxygen atoms in total. The minimum absolute atomic E-state index is 0.0774. The highest BCUT2D eigenvalue weighted by Gasteiger charge is 2.37. The largest absolute Gasteiger partial charge is 0.480 e. The summed E-state index contributed by atoms with van der Waals surface area (Å²) in [6.45, 7) is 4.23. The molecule has 2 amide bonds. The van der Waals surface area contributed by atoms with Gasteiger partial charge in [-0.3, -0.25) is 0 Å². The molecule has 0 radical (unpaired) electrons. The summed E-state index contributed by atoms with van der Waals surface area (Å²) < 4.78 is 5.52. The van der Waals surface area contributed by atoms with Gasteiger partial charge in [0.1, 0.15) is 6.04 Å². The van der Waals surface area contributed by atoms with Crippen molar-refractivity contribution in [3.05, 3.63) is 0 Å². The maximum atomic E-state index is 12.3. The number of carboxylic acid groups (broad SMARTS) is 1. The van der Waals surface area contributed by atoms with Gasteiger partial charge in [0.2, 0.25) is 0 Å². The molecule has 2 atom stereocenters. The van der Waals surface area contributed by atoms with E-state index in [9.17, 15) is 9.59 Å². The second-order valence-corrected chi connectivity index (χ2v) is 4.82. The van der Waals surface area contributed by atoms with E-state index in [1.807, 2.05) is 6.92 Å². The molecule has 6 heteroatoms. The molecule has 0 saturated carbocycles. The normalized spacial score (nSPS) is 28.5. The van der Waals surface area contributed by atoms with E-state index < -0.39 is 12.0 Å². The van der Waals surface area contributed by atoms with Crippen LogP contribution in [0.25, 0.3) is 0 Å². The van der Waals surface area contributed by atoms with Crippen LogP contribution in [-0.4, -0.2) is 65.3 Å². The fourth-order valence-electron chi connectivity index (χ4n) is 2.57. The predicted molar refractivity (Wildman–Crippen MR) is 64.4 cm³/mol. The first-order valence-electron chi connectivity index (χ1n) is 6.53. The number of nitrogens with zero attached hydrogens (tertiary/aromatic N) is 2. The number of carboxylic acids is 1. The molecule has 1 unspecified atom stereocenters. The highest BCUT2D eigenvalue weighted by atomic mass is 16.5. The van der Waals surface area contributed by atoms with Gasteiger partial charge in [0.25, 0.3) is 0 Å². The third-order valence-electron chi connectivity index (χ3n) is 3.65. The number of rotatable bonds is 2. The summed E-state index contributed by atoms with van der Waals surface area (Å²) in [5.74, 6) is -0.902. The van der Waals surface area contributed by atoms with Gasteiger partial charge in [0, 0.05) is 19.6 Å². The van der Waals surface area contributed by atoms with E-state index in [0.29, 0.717) is 32.7 Å². The van der Waals surface area contributed by atoms with Gasteiger partial charge in [-0.25, -0.2) is 9.59 Å². The fourth-order valence-corrected chi connectivity index (χ4v) is 2.57. The highest BCUT2D eigenvalue weighted by molar-refractivity contribution is 5.83. The van der Waals surface area contributed by atoms with Crippen molar-refractivity contribution in [3.63, 3.8) is 0 Å². The Balaban J connectivity index is 1.99. The van der Waals surface area contributed by atoms with E-state index in [4.69, 9.17) is 9.84 Å². The van der Waals surface area contributed by atoms with Crippen molar-refractivity contribution >= 4 is 12.0 Å². The van der Waals surface area contributed by atoms with Crippen LogP contribution >= 0.6 is 0 Å². The second kappa shape index (κ2) is 5.56. The monoisotopic (exact) mass is 256 g/mol. The fraction of sp³-hybridized carbons (Fsp3) is 0.833. The van der Waals surface area contributed by atoms with E-state index in [-0.39, 0.29) is 12.1 Å². The first kappa shape index (κ1) is 13.1. The van der Waals surface area contributed by atoms with Gasteiger partial charge in [-0.05, 0) is 19.3 Å². The molecule has 0 aromatic carbocycles. The summed E-state index contributed by atoms with van der Waals surface area (Å²) in [4.78, 5) is 26.6. The molecular weight excluding hydrogens is 236 g/mol. The van der Waals surface area contributed by atoms with Crippen LogP contribution in [0.15, 0.2) is 0 Å². The number of hydrogen-bond acceptors (Lipinski definition) is 3. The van der Waals surface area contributed by atoms with Crippen LogP contribution in [0.5, 0.6) is 0 Å². The predicted octanol–water partition coefficient (Wildman–Crippen LogP) is 0.766. The summed E-state index contributed by atoms with van der Waals surface area (Å²) in [6.07, 6.45) is 2.27. The molecule has 0 aromatic heterocycles. The Kier molecular flexibility index (Phi) is 4.06. The Morgan fingerprint density at radius 3 is 2.83 bits per heavy atom. The van der Waals surface area contributed by atoms with Crippen LogP contribution in [0.3, 0.4) is 0 Å². The molecule has 2 aliphatic heterocycles. The molecule has 0 aliphatic carbocycles. The lowest BCUT2D eigenvalue weighted by molar-refractivity contribution is -0.141. The van der Waals surface area contributed by atoms with Crippen molar-refractivity contribution in [2.24, 2.45) is 0 Å². The maximum Gasteiger partial charge on any atom is 0.326 e. The van der Waals surface area contributed by atoms with E-state index in [2.05, 4.69) is 0 Å². The average molecular weight is 256 g/mol. The summed E-state index contributed by atoms with van der Waals surface area (Å²) in [5.41, 5.74) is 0. The summed E-state index contributed by atoms with van der Waals surface area (Å²) in [5, 5.41) is 9.09. The van der Waals surface area contributed by atoms with Gasteiger partial charge in [0.15, 0.2) is 0 Å². The average Bonchev–Trinajstić information content (AvgIpc) is 2.87. The summed E-state index contributed by atoms with van der Waals surface area (Å²) in [7, 11) is 0. The molecule has 1 N–H and O–H groups in total. The quantitative estimate of drug-likeness (QED) is 0.792. The molecule has 0 bridgehead atoms. The topological polar surface area (TPSA) is 70.1 Å². The molecule has 102 valence electrons. The second-order valence-electron chi connectivity index (χ2n) is 4.82. The number of hydrogen-bond donors (Lipinski definition) is 1. The molecule has 2 fully saturated rings. The van der Waals surface area contributed by atoms with Crippen LogP contribution in [-0.2, 0) is 9.53 Å². The number of morpholine rings is 1. The van der Waals surface area contributed by atoms with Crippen LogP contribution in [0.4, 0.5) is 4.79 Å². The number of likely N-dealkylation sites (tertiary alicyclic amines) is 1. The lowest BCUT2D eigenvalue weighted by atomic mass is 10.2. The molecule has 18 heavy (non-hydrogen) atoms. The smallest absolute Gasteiger partial charge is 0.326 e. The van der Waals surface area contributed by atoms with Crippen molar-refractivity contribution < 1.29 is 19.4 Å². The maximum absolute atomic E-state index is 12.3. The Morgan fingerprint density at radius 1 is 1.39 bits per heavy atom. The van der Waals surface area contributed by atoms with Crippen molar-refractivity contribution in [1.29, 1.82) is 0 Å². The highest BCUT2D eigenvalue weighted by Crippen LogP contribution is 2.20. The van der Waals surface area contributed by atoms with Gasteiger partial charge >= 0.3 is 12.0 Å². The molecule has 2 saturated heterocycles. The third-order valence-corrected chi connectivity index (χ3v) is 3.65. The first-order valence-corrected chi connectivity index (χ1v) is 6.53. The molecule has 0 aromatic rings. The van der Waals surface area contributed by atoms with E-state index in [1.54, 1.807) is 4.90 Å². The van der Waals surface area contributed by atoms with Crippen molar-refractivity contribution in [2.75, 3.05) is 26.2 Å². The number of aliphatic carboxylic acids is 1. The zero-order valence-electron chi connectivity index (χ0n) is 10.7. The Bertz CT molecular complexity index is 334.